The number of halogens is 1. The van der Waals surface area contributed by atoms with E-state index in [1.54, 1.807) is 35.3 Å². The number of carbonyl (C=O) groups excluding carboxylic acids is 1. The summed E-state index contributed by atoms with van der Waals surface area (Å²) in [5.74, 6) is -1.12. The summed E-state index contributed by atoms with van der Waals surface area (Å²) in [6.07, 6.45) is 6.03. The minimum atomic E-state index is -3.64. The largest absolute Gasteiger partial charge is 0.507 e. The van der Waals surface area contributed by atoms with E-state index in [0.29, 0.717) is 34.1 Å². The van der Waals surface area contributed by atoms with Gasteiger partial charge in [0.15, 0.2) is 9.84 Å². The van der Waals surface area contributed by atoms with Crippen LogP contribution in [0.25, 0.3) is 16.6 Å². The number of phenols is 1. The first-order chi connectivity index (χ1) is 15.7. The topological polar surface area (TPSA) is 114 Å². The van der Waals surface area contributed by atoms with Gasteiger partial charge in [-0.25, -0.2) is 17.5 Å². The van der Waals surface area contributed by atoms with Crippen molar-refractivity contribution in [2.24, 2.45) is 0 Å². The van der Waals surface area contributed by atoms with Crippen LogP contribution in [-0.4, -0.2) is 40.5 Å². The molecule has 2 heterocycles. The number of phenolic OH excluding ortho intramolecular Hbond substituents is 1. The summed E-state index contributed by atoms with van der Waals surface area (Å²) >= 11 is 0. The maximum atomic E-state index is 13.3. The van der Waals surface area contributed by atoms with Gasteiger partial charge in [0.25, 0.3) is 5.91 Å². The van der Waals surface area contributed by atoms with Crippen LogP contribution in [0.4, 0.5) is 4.39 Å². The van der Waals surface area contributed by atoms with E-state index in [1.165, 1.54) is 30.5 Å². The third kappa shape index (κ3) is 4.42. The van der Waals surface area contributed by atoms with Gasteiger partial charge in [-0.2, -0.15) is 5.10 Å². The number of benzene rings is 2. The van der Waals surface area contributed by atoms with E-state index in [2.05, 4.69) is 15.4 Å². The second-order valence-electron chi connectivity index (χ2n) is 7.59. The number of carbonyl (C=O) groups is 1. The number of aromatic nitrogens is 3. The molecule has 1 amide bonds. The van der Waals surface area contributed by atoms with Crippen LogP contribution < -0.4 is 5.32 Å². The lowest BCUT2D eigenvalue weighted by molar-refractivity contribution is 0.0937. The molecule has 10 heteroatoms. The molecule has 33 heavy (non-hydrogen) atoms. The summed E-state index contributed by atoms with van der Waals surface area (Å²) in [6.45, 7) is 1.85. The van der Waals surface area contributed by atoms with Gasteiger partial charge in [0.1, 0.15) is 16.5 Å². The molecule has 0 unspecified atom stereocenters. The zero-order chi connectivity index (χ0) is 23.8. The van der Waals surface area contributed by atoms with Crippen LogP contribution in [0.3, 0.4) is 0 Å². The summed E-state index contributed by atoms with van der Waals surface area (Å²) < 4.78 is 38.8. The van der Waals surface area contributed by atoms with Gasteiger partial charge in [0.05, 0.1) is 35.2 Å². The van der Waals surface area contributed by atoms with Crippen molar-refractivity contribution in [1.82, 2.24) is 20.1 Å². The summed E-state index contributed by atoms with van der Waals surface area (Å²) in [7, 11) is -3.64. The number of aromatic hydroxyl groups is 1. The normalized spacial score (nSPS) is 12.6. The monoisotopic (exact) mass is 468 g/mol. The molecule has 0 saturated carbocycles. The van der Waals surface area contributed by atoms with E-state index in [9.17, 15) is 22.7 Å². The number of hydrogen-bond acceptors (Lipinski definition) is 6. The Morgan fingerprint density at radius 1 is 1.15 bits per heavy atom. The number of fused-ring (bicyclic) bond motifs is 1. The Morgan fingerprint density at radius 2 is 1.88 bits per heavy atom. The Kier molecular flexibility index (Phi) is 5.86. The Morgan fingerprint density at radius 3 is 2.55 bits per heavy atom. The number of sulfone groups is 1. The molecule has 0 radical (unpaired) electrons. The van der Waals surface area contributed by atoms with E-state index in [-0.39, 0.29) is 16.5 Å². The minimum Gasteiger partial charge on any atom is -0.507 e. The molecule has 0 aliphatic carbocycles. The molecule has 0 spiro atoms. The average Bonchev–Trinajstić information content (AvgIpc) is 3.22. The van der Waals surface area contributed by atoms with Crippen LogP contribution in [0, 0.1) is 5.82 Å². The van der Waals surface area contributed by atoms with Gasteiger partial charge in [-0.15, -0.1) is 0 Å². The maximum absolute atomic E-state index is 13.3. The minimum absolute atomic E-state index is 0.197. The van der Waals surface area contributed by atoms with Crippen LogP contribution in [-0.2, 0) is 9.84 Å². The molecule has 0 bridgehead atoms. The molecule has 1 atom stereocenters. The first-order valence-electron chi connectivity index (χ1n) is 10.1. The van der Waals surface area contributed by atoms with E-state index >= 15 is 0 Å². The van der Waals surface area contributed by atoms with E-state index < -0.39 is 21.8 Å². The molecule has 4 rings (SSSR count). The summed E-state index contributed by atoms with van der Waals surface area (Å²) in [6, 6.07) is 9.53. The van der Waals surface area contributed by atoms with Gasteiger partial charge in [0.2, 0.25) is 0 Å². The standard InChI is InChI=1S/C23H21FN4O4S/c1-3-19(14-4-9-21(29)22(10-14)33(2,31)32)27-23(30)18-11-25-13-20-17(18)12-26-28(20)16-7-5-15(24)6-8-16/h4-13,19,29H,3H2,1-2H3,(H,27,30)/t19-/m0/s1. The van der Waals surface area contributed by atoms with Gasteiger partial charge in [0, 0.05) is 17.8 Å². The van der Waals surface area contributed by atoms with Crippen molar-refractivity contribution in [3.8, 4) is 11.4 Å². The lowest BCUT2D eigenvalue weighted by Gasteiger charge is -2.19. The zero-order valence-corrected chi connectivity index (χ0v) is 18.7. The maximum Gasteiger partial charge on any atom is 0.254 e. The number of hydrogen-bond donors (Lipinski definition) is 2. The summed E-state index contributed by atoms with van der Waals surface area (Å²) in [5, 5.41) is 17.7. The highest BCUT2D eigenvalue weighted by molar-refractivity contribution is 7.90. The highest BCUT2D eigenvalue weighted by Gasteiger charge is 2.21. The van der Waals surface area contributed by atoms with Gasteiger partial charge in [-0.3, -0.25) is 9.78 Å². The second-order valence-corrected chi connectivity index (χ2v) is 9.57. The van der Waals surface area contributed by atoms with Gasteiger partial charge >= 0.3 is 0 Å². The number of nitrogens with zero attached hydrogens (tertiary/aromatic N) is 3. The third-order valence-corrected chi connectivity index (χ3v) is 6.44. The second kappa shape index (κ2) is 8.62. The Bertz CT molecular complexity index is 1450. The SMILES string of the molecule is CC[C@H](NC(=O)c1cncc2c1cnn2-c1ccc(F)cc1)c1ccc(O)c(S(C)(=O)=O)c1. The fraction of sp³-hybridized carbons (Fsp3) is 0.174. The van der Waals surface area contributed by atoms with Crippen LogP contribution in [0.5, 0.6) is 5.75 Å². The fourth-order valence-corrected chi connectivity index (χ4v) is 4.41. The van der Waals surface area contributed by atoms with Crippen molar-refractivity contribution in [3.63, 3.8) is 0 Å². The van der Waals surface area contributed by atoms with Crippen LogP contribution in [0.15, 0.2) is 66.0 Å². The molecule has 170 valence electrons. The van der Waals surface area contributed by atoms with Gasteiger partial charge < -0.3 is 10.4 Å². The lowest BCUT2D eigenvalue weighted by Crippen LogP contribution is -2.28. The molecule has 4 aromatic rings. The summed E-state index contributed by atoms with van der Waals surface area (Å²) in [4.78, 5) is 17.1. The molecular weight excluding hydrogens is 447 g/mol. The predicted molar refractivity (Wildman–Crippen MR) is 121 cm³/mol. The first-order valence-corrected chi connectivity index (χ1v) is 12.0. The number of pyridine rings is 1. The average molecular weight is 469 g/mol. The van der Waals surface area contributed by atoms with E-state index in [1.807, 2.05) is 6.92 Å². The molecule has 8 nitrogen and oxygen atoms in total. The number of amides is 1. The number of nitrogens with one attached hydrogen (secondary N) is 1. The van der Waals surface area contributed by atoms with Crippen molar-refractivity contribution in [1.29, 1.82) is 0 Å². The molecule has 2 aromatic heterocycles. The van der Waals surface area contributed by atoms with Gasteiger partial charge in [-0.05, 0) is 48.4 Å². The molecule has 2 aromatic carbocycles. The Hall–Kier alpha value is -3.79. The van der Waals surface area contributed by atoms with Crippen molar-refractivity contribution in [3.05, 3.63) is 78.0 Å². The quantitative estimate of drug-likeness (QED) is 0.447. The third-order valence-electron chi connectivity index (χ3n) is 5.31. The molecular formula is C23H21FN4O4S. The number of rotatable bonds is 6. The highest BCUT2D eigenvalue weighted by Crippen LogP contribution is 2.28. The van der Waals surface area contributed by atoms with E-state index in [4.69, 9.17) is 0 Å². The lowest BCUT2D eigenvalue weighted by atomic mass is 10.0. The molecule has 0 saturated heterocycles. The molecule has 0 aliphatic rings. The fourth-order valence-electron chi connectivity index (χ4n) is 3.61. The van der Waals surface area contributed by atoms with E-state index in [0.717, 1.165) is 6.26 Å². The molecule has 0 fully saturated rings. The smallest absolute Gasteiger partial charge is 0.254 e. The van der Waals surface area contributed by atoms with Gasteiger partial charge in [-0.1, -0.05) is 13.0 Å². The van der Waals surface area contributed by atoms with Crippen molar-refractivity contribution >= 4 is 26.6 Å². The molecule has 0 aliphatic heterocycles. The Balaban J connectivity index is 1.67. The molecule has 2 N–H and O–H groups in total. The van der Waals surface area contributed by atoms with Crippen molar-refractivity contribution < 1.29 is 22.7 Å². The van der Waals surface area contributed by atoms with Crippen molar-refractivity contribution in [2.45, 2.75) is 24.3 Å². The van der Waals surface area contributed by atoms with Crippen LogP contribution in [0.2, 0.25) is 0 Å². The zero-order valence-electron chi connectivity index (χ0n) is 17.9. The predicted octanol–water partition coefficient (Wildman–Crippen LogP) is 3.55. The highest BCUT2D eigenvalue weighted by atomic mass is 32.2. The van der Waals surface area contributed by atoms with Crippen molar-refractivity contribution in [2.75, 3.05) is 6.26 Å². The van der Waals surface area contributed by atoms with Crippen LogP contribution >= 0.6 is 0 Å². The Labute approximate surface area is 189 Å². The first kappa shape index (κ1) is 22.4. The summed E-state index contributed by atoms with van der Waals surface area (Å²) in [5.41, 5.74) is 2.04. The van der Waals surface area contributed by atoms with Crippen LogP contribution in [0.1, 0.15) is 35.3 Å².